The second kappa shape index (κ2) is 9.93. The number of carbonyl (C=O) groups is 2. The number of nitro groups is 1. The molecule has 2 aromatic carbocycles. The van der Waals surface area contributed by atoms with Crippen LogP contribution in [0, 0.1) is 27.6 Å². The van der Waals surface area contributed by atoms with E-state index in [0.717, 1.165) is 52.5 Å². The summed E-state index contributed by atoms with van der Waals surface area (Å²) in [6.45, 7) is 1.00. The average Bonchev–Trinajstić information content (AvgIpc) is 2.85. The Balaban J connectivity index is 2.28. The number of hydrogen-bond donors (Lipinski definition) is 0. The molecule has 1 aliphatic heterocycles. The molecule has 0 radical (unpaired) electrons. The Kier molecular flexibility index (Phi) is 7.17. The number of non-ortho nitro benzene ring substituents is 1. The summed E-state index contributed by atoms with van der Waals surface area (Å²) >= 11 is 0. The minimum Gasteiger partial charge on any atom is -0.480 e. The molecule has 0 aliphatic carbocycles. The van der Waals surface area contributed by atoms with E-state index in [1.165, 1.54) is 0 Å². The Morgan fingerprint density at radius 3 is 2.14 bits per heavy atom. The normalized spacial score (nSPS) is 17.3. The molecular weight excluding hydrogens is 491 g/mol. The van der Waals surface area contributed by atoms with E-state index in [0.29, 0.717) is 17.0 Å². The lowest BCUT2D eigenvalue weighted by molar-refractivity contribution is -0.384. The highest BCUT2D eigenvalue weighted by Crippen LogP contribution is 2.44. The number of amides is 1. The Labute approximate surface area is 201 Å². The van der Waals surface area contributed by atoms with Crippen molar-refractivity contribution in [1.29, 1.82) is 0 Å². The molecule has 0 saturated heterocycles. The molecule has 14 heteroatoms. The minimum absolute atomic E-state index is 0.218. The number of ether oxygens (including phenoxy) is 4. The van der Waals surface area contributed by atoms with Crippen LogP contribution in [0.3, 0.4) is 0 Å². The van der Waals surface area contributed by atoms with Crippen molar-refractivity contribution in [3.05, 3.63) is 81.0 Å². The molecule has 0 aromatic heterocycles. The van der Waals surface area contributed by atoms with Gasteiger partial charge in [-0.15, -0.1) is 0 Å². The number of rotatable bonds is 5. The van der Waals surface area contributed by atoms with Gasteiger partial charge in [0.25, 0.3) is 5.69 Å². The molecule has 190 valence electrons. The lowest BCUT2D eigenvalue weighted by Crippen LogP contribution is -2.57. The van der Waals surface area contributed by atoms with Crippen LogP contribution in [0.2, 0.25) is 0 Å². The first-order chi connectivity index (χ1) is 17.0. The molecule has 3 rings (SSSR count). The first-order valence-corrected chi connectivity index (χ1v) is 9.91. The van der Waals surface area contributed by atoms with Gasteiger partial charge in [0.2, 0.25) is 5.88 Å². The number of aliphatic imine (C=N–C) groups is 1. The predicted molar refractivity (Wildman–Crippen MR) is 115 cm³/mol. The Morgan fingerprint density at radius 1 is 1.00 bits per heavy atom. The number of halogens is 3. The van der Waals surface area contributed by atoms with Gasteiger partial charge >= 0.3 is 18.1 Å². The number of esters is 1. The van der Waals surface area contributed by atoms with Crippen LogP contribution in [0.5, 0.6) is 5.75 Å². The number of benzene rings is 2. The van der Waals surface area contributed by atoms with Gasteiger partial charge in [0, 0.05) is 12.1 Å². The lowest BCUT2D eigenvalue weighted by atomic mass is 9.81. The molecule has 1 unspecified atom stereocenters. The summed E-state index contributed by atoms with van der Waals surface area (Å²) < 4.78 is 64.7. The van der Waals surface area contributed by atoms with Crippen LogP contribution in [-0.4, -0.2) is 49.2 Å². The van der Waals surface area contributed by atoms with Crippen molar-refractivity contribution in [3.63, 3.8) is 0 Å². The Morgan fingerprint density at radius 2 is 1.61 bits per heavy atom. The van der Waals surface area contributed by atoms with Crippen molar-refractivity contribution >= 4 is 23.8 Å². The van der Waals surface area contributed by atoms with Gasteiger partial charge < -0.3 is 18.9 Å². The zero-order valence-corrected chi connectivity index (χ0v) is 19.2. The fourth-order valence-corrected chi connectivity index (χ4v) is 3.63. The van der Waals surface area contributed by atoms with Crippen molar-refractivity contribution < 1.29 is 46.6 Å². The van der Waals surface area contributed by atoms with Crippen LogP contribution in [0.25, 0.3) is 0 Å². The quantitative estimate of drug-likeness (QED) is 0.258. The number of nitro benzene ring substituents is 1. The van der Waals surface area contributed by atoms with Gasteiger partial charge in [-0.2, -0.15) is 4.99 Å². The fraction of sp³-hybridized carbons (Fsp3) is 0.227. The van der Waals surface area contributed by atoms with Crippen molar-refractivity contribution in [3.8, 4) is 5.75 Å². The van der Waals surface area contributed by atoms with Crippen molar-refractivity contribution in [1.82, 2.24) is 4.90 Å². The average molecular weight is 509 g/mol. The summed E-state index contributed by atoms with van der Waals surface area (Å²) in [4.78, 5) is 40.7. The largest absolute Gasteiger partial charge is 0.480 e. The van der Waals surface area contributed by atoms with Crippen molar-refractivity contribution in [2.75, 3.05) is 21.3 Å². The third-order valence-corrected chi connectivity index (χ3v) is 5.27. The molecule has 1 aliphatic rings. The fourth-order valence-electron chi connectivity index (χ4n) is 3.63. The van der Waals surface area contributed by atoms with Gasteiger partial charge in [-0.25, -0.2) is 27.7 Å². The van der Waals surface area contributed by atoms with E-state index in [9.17, 15) is 24.1 Å². The maximum absolute atomic E-state index is 15.1. The molecule has 0 bridgehead atoms. The Hall–Kier alpha value is -4.62. The van der Waals surface area contributed by atoms with Crippen LogP contribution in [0.4, 0.5) is 23.7 Å². The summed E-state index contributed by atoms with van der Waals surface area (Å²) in [6, 6.07) is 4.72. The molecule has 0 fully saturated rings. The maximum Gasteiger partial charge on any atom is 0.424 e. The molecule has 1 amide bonds. The van der Waals surface area contributed by atoms with E-state index < -0.39 is 63.0 Å². The van der Waals surface area contributed by atoms with Gasteiger partial charge in [-0.3, -0.25) is 10.1 Å². The van der Waals surface area contributed by atoms with E-state index in [1.807, 2.05) is 0 Å². The smallest absolute Gasteiger partial charge is 0.424 e. The van der Waals surface area contributed by atoms with E-state index >= 15 is 8.78 Å². The third-order valence-electron chi connectivity index (χ3n) is 5.27. The topological polar surface area (TPSA) is 130 Å². The van der Waals surface area contributed by atoms with Crippen LogP contribution in [-0.2, 0) is 24.5 Å². The highest BCUT2D eigenvalue weighted by Gasteiger charge is 2.55. The SMILES string of the molecule is COC(=O)C1=C(OC)N=C(OC)N(C(=O)Oc2ccc([N+](=O)[O-])cc2)C1(C)c1c(F)ccc(F)c1F. The van der Waals surface area contributed by atoms with Crippen LogP contribution in [0.15, 0.2) is 52.8 Å². The summed E-state index contributed by atoms with van der Waals surface area (Å²) in [5, 5.41) is 10.9. The lowest BCUT2D eigenvalue weighted by Gasteiger charge is -2.42. The summed E-state index contributed by atoms with van der Waals surface area (Å²) in [7, 11) is 3.09. The monoisotopic (exact) mass is 509 g/mol. The second-order valence-electron chi connectivity index (χ2n) is 7.22. The number of methoxy groups -OCH3 is 3. The summed E-state index contributed by atoms with van der Waals surface area (Å²) in [5.74, 6) is -6.52. The molecule has 0 saturated carbocycles. The van der Waals surface area contributed by atoms with Crippen molar-refractivity contribution in [2.24, 2.45) is 4.99 Å². The number of amidine groups is 1. The third kappa shape index (κ3) is 4.28. The Bertz CT molecular complexity index is 1300. The van der Waals surface area contributed by atoms with Crippen LogP contribution in [0.1, 0.15) is 12.5 Å². The molecule has 0 spiro atoms. The minimum atomic E-state index is -2.53. The van der Waals surface area contributed by atoms with Crippen molar-refractivity contribution in [2.45, 2.75) is 12.5 Å². The summed E-state index contributed by atoms with van der Waals surface area (Å²) in [6.07, 6.45) is -1.40. The van der Waals surface area contributed by atoms with Gasteiger partial charge in [0.1, 0.15) is 22.7 Å². The summed E-state index contributed by atoms with van der Waals surface area (Å²) in [5.41, 5.74) is -4.60. The van der Waals surface area contributed by atoms with Crippen LogP contribution >= 0.6 is 0 Å². The van der Waals surface area contributed by atoms with Gasteiger partial charge in [0.05, 0.1) is 31.8 Å². The molecule has 0 N–H and O–H groups in total. The highest BCUT2D eigenvalue weighted by molar-refractivity contribution is 6.01. The highest BCUT2D eigenvalue weighted by atomic mass is 19.2. The van der Waals surface area contributed by atoms with Crippen LogP contribution < -0.4 is 4.74 Å². The molecule has 1 heterocycles. The van der Waals surface area contributed by atoms with Gasteiger partial charge in [-0.1, -0.05) is 0 Å². The molecular formula is C22H18F3N3O8. The zero-order chi connectivity index (χ0) is 26.8. The number of nitrogens with zero attached hydrogens (tertiary/aromatic N) is 3. The zero-order valence-electron chi connectivity index (χ0n) is 19.2. The first kappa shape index (κ1) is 26.0. The van der Waals surface area contributed by atoms with E-state index in [2.05, 4.69) is 4.99 Å². The molecule has 1 atom stereocenters. The molecule has 2 aromatic rings. The number of carbonyl (C=O) groups excluding carboxylic acids is 2. The van der Waals surface area contributed by atoms with E-state index in [1.54, 1.807) is 0 Å². The second-order valence-corrected chi connectivity index (χ2v) is 7.22. The van der Waals surface area contributed by atoms with Gasteiger partial charge in [-0.05, 0) is 31.2 Å². The van der Waals surface area contributed by atoms with Gasteiger partial charge in [0.15, 0.2) is 11.6 Å². The number of hydrogen-bond acceptors (Lipinski definition) is 9. The van der Waals surface area contributed by atoms with E-state index in [4.69, 9.17) is 18.9 Å². The first-order valence-electron chi connectivity index (χ1n) is 9.91. The van der Waals surface area contributed by atoms with E-state index in [-0.39, 0.29) is 11.4 Å². The predicted octanol–water partition coefficient (Wildman–Crippen LogP) is 3.78. The standard InChI is InChI=1S/C22H18F3N3O8/c1-22(15-13(23)9-10-14(24)17(15)25)16(19(29)34-3)18(33-2)26-20(35-4)27(22)21(30)36-12-7-5-11(6-8-12)28(31)32/h5-10H,1-4H3. The maximum atomic E-state index is 15.1. The molecule has 36 heavy (non-hydrogen) atoms. The molecule has 11 nitrogen and oxygen atoms in total.